The molecule has 1 N–H and O–H groups in total. The number of hydrogen-bond donors (Lipinski definition) is 1. The summed E-state index contributed by atoms with van der Waals surface area (Å²) in [6, 6.07) is 7.33. The van der Waals surface area contributed by atoms with Crippen LogP contribution in [0, 0.1) is 5.82 Å². The number of aryl methyl sites for hydroxylation is 1. The highest BCUT2D eigenvalue weighted by Crippen LogP contribution is 2.37. The number of benzene rings is 1. The molecule has 6 nitrogen and oxygen atoms in total. The van der Waals surface area contributed by atoms with E-state index in [9.17, 15) is 9.18 Å². The van der Waals surface area contributed by atoms with E-state index in [1.165, 1.54) is 23.0 Å². The Morgan fingerprint density at radius 2 is 2.05 bits per heavy atom. The molecule has 8 heteroatoms. The fourth-order valence-electron chi connectivity index (χ4n) is 1.87. The molecular weight excluding hydrogens is 295 g/mol. The zero-order chi connectivity index (χ0) is 15.0. The van der Waals surface area contributed by atoms with Gasteiger partial charge in [0.05, 0.1) is 7.05 Å². The first-order chi connectivity index (χ1) is 10.0. The fourth-order valence-corrected chi connectivity index (χ4v) is 2.87. The first-order valence-corrected chi connectivity index (χ1v) is 6.73. The number of carboxylic acid groups (broad SMARTS) is 1. The van der Waals surface area contributed by atoms with Crippen molar-refractivity contribution >= 4 is 17.3 Å². The van der Waals surface area contributed by atoms with Gasteiger partial charge < -0.3 is 5.11 Å². The normalized spacial score (nSPS) is 10.8. The van der Waals surface area contributed by atoms with Crippen LogP contribution >= 0.6 is 11.3 Å². The highest BCUT2D eigenvalue weighted by atomic mass is 32.1. The summed E-state index contributed by atoms with van der Waals surface area (Å²) in [5.41, 5.74) is 1.27. The minimum atomic E-state index is -1.03. The molecule has 0 bridgehead atoms. The van der Waals surface area contributed by atoms with E-state index in [4.69, 9.17) is 5.11 Å². The van der Waals surface area contributed by atoms with Gasteiger partial charge in [-0.05, 0) is 29.0 Å². The monoisotopic (exact) mass is 304 g/mol. The van der Waals surface area contributed by atoms with E-state index in [0.29, 0.717) is 21.8 Å². The summed E-state index contributed by atoms with van der Waals surface area (Å²) >= 11 is 1.09. The third-order valence-electron chi connectivity index (χ3n) is 2.80. The van der Waals surface area contributed by atoms with Crippen LogP contribution in [0.1, 0.15) is 9.67 Å². The number of carboxylic acids is 1. The number of aromatic nitrogens is 4. The van der Waals surface area contributed by atoms with Crippen molar-refractivity contribution in [3.05, 3.63) is 41.0 Å². The molecule has 0 saturated carbocycles. The molecule has 2 aromatic heterocycles. The summed E-state index contributed by atoms with van der Waals surface area (Å²) in [5, 5.41) is 20.9. The minimum absolute atomic E-state index is 0.164. The molecular formula is C13H9FN4O2S. The standard InChI is InChI=1S/C13H9FN4O2S/c1-18-16-12(15-17-18)9-6-10(13(19)20)21-11(9)7-2-4-8(14)5-3-7/h2-6H,1H3,(H,19,20). The third-order valence-corrected chi connectivity index (χ3v) is 3.97. The van der Waals surface area contributed by atoms with Gasteiger partial charge in [0.1, 0.15) is 10.7 Å². The van der Waals surface area contributed by atoms with Crippen LogP contribution in [0.4, 0.5) is 4.39 Å². The Kier molecular flexibility index (Phi) is 3.22. The lowest BCUT2D eigenvalue weighted by atomic mass is 10.1. The van der Waals surface area contributed by atoms with Gasteiger partial charge in [-0.25, -0.2) is 9.18 Å². The van der Waals surface area contributed by atoms with E-state index < -0.39 is 5.97 Å². The van der Waals surface area contributed by atoms with Crippen molar-refractivity contribution in [3.8, 4) is 21.8 Å². The van der Waals surface area contributed by atoms with Gasteiger partial charge in [0.25, 0.3) is 0 Å². The minimum Gasteiger partial charge on any atom is -0.477 e. The van der Waals surface area contributed by atoms with Crippen LogP contribution in [0.25, 0.3) is 21.8 Å². The molecule has 0 aliphatic carbocycles. The average Bonchev–Trinajstić information content (AvgIpc) is 3.05. The molecule has 1 aromatic carbocycles. The summed E-state index contributed by atoms with van der Waals surface area (Å²) in [4.78, 5) is 13.3. The zero-order valence-corrected chi connectivity index (χ0v) is 11.6. The zero-order valence-electron chi connectivity index (χ0n) is 10.8. The van der Waals surface area contributed by atoms with E-state index in [2.05, 4.69) is 15.4 Å². The molecule has 0 unspecified atom stereocenters. The quantitative estimate of drug-likeness (QED) is 0.804. The summed E-state index contributed by atoms with van der Waals surface area (Å²) in [7, 11) is 1.62. The van der Waals surface area contributed by atoms with Crippen molar-refractivity contribution in [3.63, 3.8) is 0 Å². The molecule has 3 rings (SSSR count). The number of hydrogen-bond acceptors (Lipinski definition) is 5. The number of thiophene rings is 1. The van der Waals surface area contributed by atoms with E-state index >= 15 is 0 Å². The molecule has 2 heterocycles. The molecule has 0 aliphatic heterocycles. The molecule has 0 saturated heterocycles. The lowest BCUT2D eigenvalue weighted by molar-refractivity contribution is 0.0702. The smallest absolute Gasteiger partial charge is 0.345 e. The first kappa shape index (κ1) is 13.4. The van der Waals surface area contributed by atoms with E-state index in [1.807, 2.05) is 0 Å². The topological polar surface area (TPSA) is 80.9 Å². The molecule has 0 spiro atoms. The predicted molar refractivity (Wildman–Crippen MR) is 74.5 cm³/mol. The molecule has 0 atom stereocenters. The molecule has 3 aromatic rings. The van der Waals surface area contributed by atoms with Gasteiger partial charge in [-0.3, -0.25) is 0 Å². The van der Waals surface area contributed by atoms with Crippen LogP contribution in [-0.2, 0) is 7.05 Å². The molecule has 0 fully saturated rings. The van der Waals surface area contributed by atoms with Crippen molar-refractivity contribution in [2.24, 2.45) is 7.05 Å². The van der Waals surface area contributed by atoms with E-state index in [0.717, 1.165) is 11.3 Å². The Morgan fingerprint density at radius 3 is 2.62 bits per heavy atom. The Labute approximate surface area is 122 Å². The van der Waals surface area contributed by atoms with Crippen LogP contribution in [0.3, 0.4) is 0 Å². The SMILES string of the molecule is Cn1nnc(-c2cc(C(=O)O)sc2-c2ccc(F)cc2)n1. The Hall–Kier alpha value is -2.61. The van der Waals surface area contributed by atoms with Crippen molar-refractivity contribution < 1.29 is 14.3 Å². The first-order valence-electron chi connectivity index (χ1n) is 5.92. The molecule has 106 valence electrons. The maximum atomic E-state index is 13.0. The van der Waals surface area contributed by atoms with Crippen LogP contribution < -0.4 is 0 Å². The fraction of sp³-hybridized carbons (Fsp3) is 0.0769. The maximum absolute atomic E-state index is 13.0. The molecule has 21 heavy (non-hydrogen) atoms. The predicted octanol–water partition coefficient (Wildman–Crippen LogP) is 2.44. The highest BCUT2D eigenvalue weighted by molar-refractivity contribution is 7.17. The lowest BCUT2D eigenvalue weighted by Gasteiger charge is -2.00. The second kappa shape index (κ2) is 5.06. The average molecular weight is 304 g/mol. The summed E-state index contributed by atoms with van der Waals surface area (Å²) in [5.74, 6) is -1.05. The van der Waals surface area contributed by atoms with Crippen molar-refractivity contribution in [1.82, 2.24) is 20.2 Å². The van der Waals surface area contributed by atoms with Gasteiger partial charge in [-0.2, -0.15) is 4.80 Å². The van der Waals surface area contributed by atoms with Gasteiger partial charge in [0.2, 0.25) is 5.82 Å². The molecule has 0 amide bonds. The number of carbonyl (C=O) groups is 1. The number of nitrogens with zero attached hydrogens (tertiary/aromatic N) is 4. The lowest BCUT2D eigenvalue weighted by Crippen LogP contribution is -1.92. The summed E-state index contributed by atoms with van der Waals surface area (Å²) < 4.78 is 13.0. The molecule has 0 radical (unpaired) electrons. The van der Waals surface area contributed by atoms with Crippen molar-refractivity contribution in [2.45, 2.75) is 0 Å². The van der Waals surface area contributed by atoms with Gasteiger partial charge in [-0.1, -0.05) is 12.1 Å². The second-order valence-corrected chi connectivity index (χ2v) is 5.32. The Balaban J connectivity index is 2.18. The van der Waals surface area contributed by atoms with Crippen molar-refractivity contribution in [1.29, 1.82) is 0 Å². The highest BCUT2D eigenvalue weighted by Gasteiger charge is 2.19. The van der Waals surface area contributed by atoms with Crippen LogP contribution in [-0.4, -0.2) is 31.3 Å². The largest absolute Gasteiger partial charge is 0.477 e. The van der Waals surface area contributed by atoms with Gasteiger partial charge in [-0.15, -0.1) is 21.5 Å². The summed E-state index contributed by atoms with van der Waals surface area (Å²) in [6.45, 7) is 0. The second-order valence-electron chi connectivity index (χ2n) is 4.27. The number of rotatable bonds is 3. The maximum Gasteiger partial charge on any atom is 0.345 e. The van der Waals surface area contributed by atoms with E-state index in [1.54, 1.807) is 19.2 Å². The van der Waals surface area contributed by atoms with Crippen molar-refractivity contribution in [2.75, 3.05) is 0 Å². The van der Waals surface area contributed by atoms with Crippen LogP contribution in [0.15, 0.2) is 30.3 Å². The molecule has 0 aliphatic rings. The number of aromatic carboxylic acids is 1. The van der Waals surface area contributed by atoms with Gasteiger partial charge in [0, 0.05) is 10.4 Å². The number of halogens is 1. The van der Waals surface area contributed by atoms with Crippen LogP contribution in [0.5, 0.6) is 0 Å². The van der Waals surface area contributed by atoms with Gasteiger partial charge in [0.15, 0.2) is 0 Å². The summed E-state index contributed by atoms with van der Waals surface area (Å²) in [6.07, 6.45) is 0. The third kappa shape index (κ3) is 2.52. The van der Waals surface area contributed by atoms with Crippen LogP contribution in [0.2, 0.25) is 0 Å². The van der Waals surface area contributed by atoms with E-state index in [-0.39, 0.29) is 10.7 Å². The number of tetrazole rings is 1. The van der Waals surface area contributed by atoms with Gasteiger partial charge >= 0.3 is 5.97 Å². The Bertz CT molecular complexity index is 810. The Morgan fingerprint density at radius 1 is 1.33 bits per heavy atom.